The summed E-state index contributed by atoms with van der Waals surface area (Å²) in [4.78, 5) is 4.80. The van der Waals surface area contributed by atoms with Crippen LogP contribution >= 0.6 is 0 Å². The summed E-state index contributed by atoms with van der Waals surface area (Å²) in [6, 6.07) is 18.3. The highest BCUT2D eigenvalue weighted by Gasteiger charge is 2.23. The molecule has 3 heteroatoms. The Labute approximate surface area is 138 Å². The first kappa shape index (κ1) is 13.7. The van der Waals surface area contributed by atoms with Crippen molar-refractivity contribution in [3.05, 3.63) is 71.8 Å². The average molecular weight is 313 g/mol. The van der Waals surface area contributed by atoms with Gasteiger partial charge in [0.1, 0.15) is 12.2 Å². The third kappa shape index (κ3) is 1.83. The van der Waals surface area contributed by atoms with Gasteiger partial charge in [-0.25, -0.2) is 4.98 Å². The zero-order chi connectivity index (χ0) is 16.3. The number of aromatic nitrogens is 1. The number of hydrogen-bond acceptors (Lipinski definition) is 3. The van der Waals surface area contributed by atoms with E-state index in [1.807, 2.05) is 36.4 Å². The maximum Gasteiger partial charge on any atom is 0.109 e. The van der Waals surface area contributed by atoms with Gasteiger partial charge in [0, 0.05) is 10.8 Å². The molecule has 0 saturated heterocycles. The van der Waals surface area contributed by atoms with Gasteiger partial charge in [-0.3, -0.25) is 0 Å². The Morgan fingerprint density at radius 3 is 2.50 bits per heavy atom. The van der Waals surface area contributed by atoms with Crippen LogP contribution in [0, 0.1) is 0 Å². The average Bonchev–Trinajstić information content (AvgIpc) is 2.63. The van der Waals surface area contributed by atoms with Gasteiger partial charge in [0.15, 0.2) is 0 Å². The van der Waals surface area contributed by atoms with Crippen molar-refractivity contribution in [1.29, 1.82) is 0 Å². The minimum absolute atomic E-state index is 0.749. The Morgan fingerprint density at radius 1 is 0.792 bits per heavy atom. The molecule has 116 valence electrons. The molecule has 24 heavy (non-hydrogen) atoms. The van der Waals surface area contributed by atoms with Crippen molar-refractivity contribution in [3.8, 4) is 0 Å². The fraction of sp³-hybridized carbons (Fsp3) is 0.0952. The molecule has 0 fully saturated rings. The molecule has 0 radical (unpaired) electrons. The third-order valence-electron chi connectivity index (χ3n) is 4.88. The smallest absolute Gasteiger partial charge is 0.109 e. The second-order valence-electron chi connectivity index (χ2n) is 6.27. The highest BCUT2D eigenvalue weighted by Crippen LogP contribution is 2.35. The predicted octanol–water partition coefficient (Wildman–Crippen LogP) is 3.96. The maximum absolute atomic E-state index is 10.3. The monoisotopic (exact) mass is 313 g/mol. The van der Waals surface area contributed by atoms with E-state index in [1.165, 1.54) is 10.8 Å². The Morgan fingerprint density at radius 2 is 1.58 bits per heavy atom. The molecular weight excluding hydrogens is 298 g/mol. The van der Waals surface area contributed by atoms with E-state index < -0.39 is 12.2 Å². The molecule has 2 unspecified atom stereocenters. The minimum Gasteiger partial charge on any atom is -0.386 e. The molecule has 1 aliphatic rings. The minimum atomic E-state index is -0.891. The second kappa shape index (κ2) is 4.87. The van der Waals surface area contributed by atoms with Crippen molar-refractivity contribution < 1.29 is 10.2 Å². The molecule has 1 aromatic heterocycles. The zero-order valence-corrected chi connectivity index (χ0v) is 12.8. The van der Waals surface area contributed by atoms with Crippen LogP contribution in [0.5, 0.6) is 0 Å². The van der Waals surface area contributed by atoms with Crippen molar-refractivity contribution in [2.45, 2.75) is 12.2 Å². The van der Waals surface area contributed by atoms with Crippen molar-refractivity contribution in [2.75, 3.05) is 0 Å². The van der Waals surface area contributed by atoms with Crippen LogP contribution in [0.3, 0.4) is 0 Å². The SMILES string of the molecule is OC1C=Cc2c(ccc3nc4ccc5ccccc5c4cc23)C1O. The quantitative estimate of drug-likeness (QED) is 0.381. The van der Waals surface area contributed by atoms with Gasteiger partial charge in [0.25, 0.3) is 0 Å². The largest absolute Gasteiger partial charge is 0.386 e. The normalized spacial score (nSPS) is 19.9. The van der Waals surface area contributed by atoms with Gasteiger partial charge < -0.3 is 10.2 Å². The van der Waals surface area contributed by atoms with Crippen LogP contribution in [0.1, 0.15) is 17.2 Å². The first-order chi connectivity index (χ1) is 11.7. The van der Waals surface area contributed by atoms with Gasteiger partial charge >= 0.3 is 0 Å². The highest BCUT2D eigenvalue weighted by molar-refractivity contribution is 6.10. The van der Waals surface area contributed by atoms with Crippen LogP contribution in [0.4, 0.5) is 0 Å². The van der Waals surface area contributed by atoms with Crippen molar-refractivity contribution in [1.82, 2.24) is 4.98 Å². The third-order valence-corrected chi connectivity index (χ3v) is 4.88. The lowest BCUT2D eigenvalue weighted by molar-refractivity contribution is 0.0471. The number of pyridine rings is 1. The predicted molar refractivity (Wildman–Crippen MR) is 96.8 cm³/mol. The van der Waals surface area contributed by atoms with Crippen molar-refractivity contribution >= 4 is 38.7 Å². The molecule has 2 N–H and O–H groups in total. The summed E-state index contributed by atoms with van der Waals surface area (Å²) in [5, 5.41) is 24.6. The van der Waals surface area contributed by atoms with Crippen LogP contribution in [0.15, 0.2) is 60.7 Å². The Bertz CT molecular complexity index is 1150. The number of rotatable bonds is 0. The second-order valence-corrected chi connectivity index (χ2v) is 6.27. The van der Waals surface area contributed by atoms with Crippen LogP contribution in [0.25, 0.3) is 38.7 Å². The summed E-state index contributed by atoms with van der Waals surface area (Å²) >= 11 is 0. The molecule has 0 spiro atoms. The van der Waals surface area contributed by atoms with Crippen LogP contribution in [-0.4, -0.2) is 21.3 Å². The molecular formula is C21H15NO2. The van der Waals surface area contributed by atoms with Crippen molar-refractivity contribution in [2.24, 2.45) is 0 Å². The Kier molecular flexibility index (Phi) is 2.77. The van der Waals surface area contributed by atoms with E-state index in [-0.39, 0.29) is 0 Å². The van der Waals surface area contributed by atoms with Gasteiger partial charge in [0.2, 0.25) is 0 Å². The molecule has 0 bridgehead atoms. The van der Waals surface area contributed by atoms with Crippen LogP contribution in [0.2, 0.25) is 0 Å². The molecule has 0 aliphatic heterocycles. The summed E-state index contributed by atoms with van der Waals surface area (Å²) in [5.74, 6) is 0. The standard InChI is InChI=1S/C21H15NO2/c23-20-10-7-14-15(21(20)24)6-9-19-17(14)11-16-13-4-2-1-3-12(13)5-8-18(16)22-19/h1-11,20-21,23-24H. The number of aliphatic hydroxyl groups excluding tert-OH is 2. The number of nitrogens with zero attached hydrogens (tertiary/aromatic N) is 1. The van der Waals surface area contributed by atoms with Crippen LogP contribution < -0.4 is 0 Å². The number of benzene rings is 3. The summed E-state index contributed by atoms with van der Waals surface area (Å²) in [6.07, 6.45) is 1.77. The maximum atomic E-state index is 10.3. The van der Waals surface area contributed by atoms with E-state index in [0.29, 0.717) is 0 Å². The van der Waals surface area contributed by atoms with Gasteiger partial charge in [-0.2, -0.15) is 0 Å². The summed E-state index contributed by atoms with van der Waals surface area (Å²) in [5.41, 5.74) is 3.54. The lowest BCUT2D eigenvalue weighted by Crippen LogP contribution is -2.19. The highest BCUT2D eigenvalue weighted by atomic mass is 16.3. The number of aliphatic hydroxyl groups is 2. The zero-order valence-electron chi connectivity index (χ0n) is 12.8. The lowest BCUT2D eigenvalue weighted by atomic mass is 9.89. The number of hydrogen-bond donors (Lipinski definition) is 2. The van der Waals surface area contributed by atoms with E-state index in [4.69, 9.17) is 4.98 Å². The summed E-state index contributed by atoms with van der Waals surface area (Å²) in [6.45, 7) is 0. The topological polar surface area (TPSA) is 53.4 Å². The molecule has 3 nitrogen and oxygen atoms in total. The van der Waals surface area contributed by atoms with Gasteiger partial charge in [-0.1, -0.05) is 48.6 Å². The Hall–Kier alpha value is -2.75. The van der Waals surface area contributed by atoms with E-state index >= 15 is 0 Å². The van der Waals surface area contributed by atoms with Crippen LogP contribution in [-0.2, 0) is 0 Å². The van der Waals surface area contributed by atoms with Gasteiger partial charge in [0.05, 0.1) is 11.0 Å². The number of fused-ring (bicyclic) bond motifs is 6. The lowest BCUT2D eigenvalue weighted by Gasteiger charge is -2.23. The molecule has 0 amide bonds. The molecule has 0 saturated carbocycles. The molecule has 1 heterocycles. The molecule has 4 aromatic rings. The fourth-order valence-corrected chi connectivity index (χ4v) is 3.63. The first-order valence-electron chi connectivity index (χ1n) is 8.02. The van der Waals surface area contributed by atoms with E-state index in [2.05, 4.69) is 24.3 Å². The van der Waals surface area contributed by atoms with E-state index in [1.54, 1.807) is 6.08 Å². The van der Waals surface area contributed by atoms with Crippen molar-refractivity contribution in [3.63, 3.8) is 0 Å². The Balaban J connectivity index is 1.93. The first-order valence-corrected chi connectivity index (χ1v) is 8.02. The molecule has 5 rings (SSSR count). The van der Waals surface area contributed by atoms with Gasteiger partial charge in [-0.05, 0) is 40.1 Å². The summed E-state index contributed by atoms with van der Waals surface area (Å²) in [7, 11) is 0. The van der Waals surface area contributed by atoms with E-state index in [0.717, 1.165) is 32.9 Å². The van der Waals surface area contributed by atoms with E-state index in [9.17, 15) is 10.2 Å². The molecule has 1 aliphatic carbocycles. The molecule has 3 aromatic carbocycles. The fourth-order valence-electron chi connectivity index (χ4n) is 3.63. The van der Waals surface area contributed by atoms with Gasteiger partial charge in [-0.15, -0.1) is 0 Å². The molecule has 2 atom stereocenters. The summed E-state index contributed by atoms with van der Waals surface area (Å²) < 4.78 is 0.